The zero-order valence-electron chi connectivity index (χ0n) is 21.7. The van der Waals surface area contributed by atoms with Gasteiger partial charge in [0.2, 0.25) is 10.9 Å². The van der Waals surface area contributed by atoms with E-state index in [0.717, 1.165) is 0 Å². The molecule has 2 aromatic carbocycles. The van der Waals surface area contributed by atoms with Crippen molar-refractivity contribution in [2.45, 2.75) is 12.8 Å². The Kier molecular flexibility index (Phi) is 8.33. The topological polar surface area (TPSA) is 133 Å². The van der Waals surface area contributed by atoms with Gasteiger partial charge in [0.1, 0.15) is 34.5 Å². The van der Waals surface area contributed by atoms with Gasteiger partial charge in [0.15, 0.2) is 5.82 Å². The maximum absolute atomic E-state index is 15.7. The van der Waals surface area contributed by atoms with Gasteiger partial charge in [-0.05, 0) is 54.3 Å². The summed E-state index contributed by atoms with van der Waals surface area (Å²) >= 11 is 0. The molecule has 4 aromatic rings. The maximum atomic E-state index is 15.7. The van der Waals surface area contributed by atoms with Crippen molar-refractivity contribution in [1.29, 1.82) is 0 Å². The van der Waals surface area contributed by atoms with Gasteiger partial charge in [-0.3, -0.25) is 0 Å². The Morgan fingerprint density at radius 2 is 1.90 bits per heavy atom. The summed E-state index contributed by atoms with van der Waals surface area (Å²) in [6.07, 6.45) is 2.16. The summed E-state index contributed by atoms with van der Waals surface area (Å²) in [5.74, 6) is 0.217. The second kappa shape index (κ2) is 12.1. The van der Waals surface area contributed by atoms with Gasteiger partial charge in [-0.15, -0.1) is 0 Å². The van der Waals surface area contributed by atoms with Crippen molar-refractivity contribution in [2.75, 3.05) is 50.6 Å². The molecule has 40 heavy (non-hydrogen) atoms. The van der Waals surface area contributed by atoms with E-state index >= 15 is 8.78 Å². The summed E-state index contributed by atoms with van der Waals surface area (Å²) in [6, 6.07) is 9.24. The van der Waals surface area contributed by atoms with E-state index in [2.05, 4.69) is 9.71 Å². The number of methoxy groups -OCH3 is 1. The second-order valence-corrected chi connectivity index (χ2v) is 10.0. The number of halogens is 2. The first kappa shape index (κ1) is 27.6. The Morgan fingerprint density at radius 1 is 1.10 bits per heavy atom. The number of aromatic nitrogens is 3. The van der Waals surface area contributed by atoms with E-state index in [0.29, 0.717) is 72.4 Å². The number of hydrogen-bond acceptors (Lipinski definition) is 9. The monoisotopic (exact) mass is 570 g/mol. The maximum Gasteiger partial charge on any atom is 0.201 e. The number of fused-ring (bicyclic) bond motifs is 1. The molecule has 1 aliphatic rings. The molecule has 0 aliphatic carbocycles. The third-order valence-corrected chi connectivity index (χ3v) is 7.13. The molecular weight excluding hydrogens is 542 g/mol. The van der Waals surface area contributed by atoms with Gasteiger partial charge in [0.25, 0.3) is 0 Å². The molecule has 1 aliphatic heterocycles. The van der Waals surface area contributed by atoms with Crippen LogP contribution in [0.5, 0.6) is 5.75 Å². The number of hydrogen-bond donors (Lipinski definition) is 3. The lowest BCUT2D eigenvalue weighted by Gasteiger charge is -2.29. The van der Waals surface area contributed by atoms with Crippen LogP contribution in [0.2, 0.25) is 0 Å². The van der Waals surface area contributed by atoms with Crippen LogP contribution in [-0.4, -0.2) is 63.3 Å². The Bertz CT molecular complexity index is 1600. The normalized spacial score (nSPS) is 13.8. The number of nitrogens with one attached hydrogen (secondary N) is 1. The molecule has 0 saturated carbocycles. The van der Waals surface area contributed by atoms with E-state index in [1.807, 2.05) is 4.90 Å². The number of pyridine rings is 1. The highest BCUT2D eigenvalue weighted by molar-refractivity contribution is 7.70. The van der Waals surface area contributed by atoms with Gasteiger partial charge >= 0.3 is 0 Å². The summed E-state index contributed by atoms with van der Waals surface area (Å²) < 4.78 is 65.9. The van der Waals surface area contributed by atoms with E-state index in [4.69, 9.17) is 25.2 Å². The Balaban J connectivity index is 1.65. The average molecular weight is 571 g/mol. The van der Waals surface area contributed by atoms with E-state index in [1.165, 1.54) is 19.2 Å². The van der Waals surface area contributed by atoms with Gasteiger partial charge in [-0.2, -0.15) is 0 Å². The summed E-state index contributed by atoms with van der Waals surface area (Å²) in [6.45, 7) is 2.29. The molecule has 2 aromatic heterocycles. The van der Waals surface area contributed by atoms with Crippen LogP contribution in [0.1, 0.15) is 12.0 Å². The number of ether oxygens (including phenoxy) is 2. The van der Waals surface area contributed by atoms with Crippen molar-refractivity contribution in [1.82, 2.24) is 19.7 Å². The van der Waals surface area contributed by atoms with E-state index < -0.39 is 22.5 Å². The predicted molar refractivity (Wildman–Crippen MR) is 149 cm³/mol. The molecule has 0 radical (unpaired) electrons. The minimum atomic E-state index is -2.74. The number of nitrogen functional groups attached to an aromatic ring is 1. The van der Waals surface area contributed by atoms with Crippen molar-refractivity contribution in [3.8, 4) is 28.3 Å². The van der Waals surface area contributed by atoms with Crippen molar-refractivity contribution in [3.05, 3.63) is 59.8 Å². The molecule has 5 rings (SSSR count). The molecular formula is C27H28F2N6O4S. The lowest BCUT2D eigenvalue weighted by Crippen LogP contribution is -2.37. The number of anilines is 2. The van der Waals surface area contributed by atoms with E-state index in [-0.39, 0.29) is 29.7 Å². The number of benzene rings is 2. The number of thiol groups is 1. The third-order valence-electron chi connectivity index (χ3n) is 6.64. The molecule has 1 saturated heterocycles. The fourth-order valence-electron chi connectivity index (χ4n) is 4.67. The van der Waals surface area contributed by atoms with Crippen LogP contribution in [0.3, 0.4) is 0 Å². The minimum absolute atomic E-state index is 0.154. The largest absolute Gasteiger partial charge is 0.494 e. The molecule has 0 bridgehead atoms. The van der Waals surface area contributed by atoms with Crippen LogP contribution in [0, 0.1) is 11.6 Å². The lowest BCUT2D eigenvalue weighted by atomic mass is 9.97. The van der Waals surface area contributed by atoms with Crippen LogP contribution in [0.4, 0.5) is 20.4 Å². The first-order valence-corrected chi connectivity index (χ1v) is 13.8. The third kappa shape index (κ3) is 5.81. The fourth-order valence-corrected chi connectivity index (χ4v) is 5.01. The molecule has 0 spiro atoms. The molecule has 210 valence electrons. The lowest BCUT2D eigenvalue weighted by molar-refractivity contribution is 0.122. The highest BCUT2D eigenvalue weighted by Crippen LogP contribution is 2.39. The summed E-state index contributed by atoms with van der Waals surface area (Å²) in [5.41, 5.74) is 7.21. The molecule has 10 nitrogen and oxygen atoms in total. The number of nitrogens with zero attached hydrogens (tertiary/aromatic N) is 4. The van der Waals surface area contributed by atoms with Gasteiger partial charge in [-0.25, -0.2) is 36.9 Å². The molecule has 3 N–H and O–H groups in total. The number of morpholine rings is 1. The predicted octanol–water partition coefficient (Wildman–Crippen LogP) is 3.11. The Morgan fingerprint density at radius 3 is 2.60 bits per heavy atom. The smallest absolute Gasteiger partial charge is 0.201 e. The highest BCUT2D eigenvalue weighted by atomic mass is 32.2. The van der Waals surface area contributed by atoms with Crippen LogP contribution in [0.25, 0.3) is 33.4 Å². The van der Waals surface area contributed by atoms with Crippen molar-refractivity contribution >= 4 is 33.4 Å². The van der Waals surface area contributed by atoms with Crippen LogP contribution >= 0.6 is 0 Å². The molecule has 0 atom stereocenters. The van der Waals surface area contributed by atoms with Crippen molar-refractivity contribution < 1.29 is 26.7 Å². The van der Waals surface area contributed by atoms with Crippen molar-refractivity contribution in [3.63, 3.8) is 0 Å². The summed E-state index contributed by atoms with van der Waals surface area (Å²) in [4.78, 5) is 15.8. The average Bonchev–Trinajstić information content (AvgIpc) is 2.96. The zero-order valence-corrected chi connectivity index (χ0v) is 22.6. The SMILES string of the molecule is COc1cc(-c2c(F)ccc(CCCN[SH](=O)=O)c2F)cc2c(N3CCOCC3)nc(-c3ccc(N)nc3)nc12. The zero-order chi connectivity index (χ0) is 28.2. The standard InChI is InChI=1S/C27H28F2N6O4S/c1-38-21-14-18(23-20(28)6-4-16(24(23)29)3-2-8-32-40(36)37)13-19-25(21)33-26(17-5-7-22(30)31-15-17)34-27(19)35-9-11-39-12-10-35/h4-7,13-15,40H,2-3,8-12H2,1H3,(H2,30,31)(H,32,36,37). The first-order valence-electron chi connectivity index (χ1n) is 12.6. The van der Waals surface area contributed by atoms with Crippen LogP contribution < -0.4 is 20.1 Å². The molecule has 3 heterocycles. The highest BCUT2D eigenvalue weighted by Gasteiger charge is 2.23. The quantitative estimate of drug-likeness (QED) is 0.205. The van der Waals surface area contributed by atoms with Gasteiger partial charge < -0.3 is 20.1 Å². The number of nitrogens with two attached hydrogens (primary N) is 1. The van der Waals surface area contributed by atoms with Crippen molar-refractivity contribution in [2.24, 2.45) is 0 Å². The van der Waals surface area contributed by atoms with Gasteiger partial charge in [-0.1, -0.05) is 6.07 Å². The first-order chi connectivity index (χ1) is 19.4. The molecule has 13 heteroatoms. The van der Waals surface area contributed by atoms with Crippen LogP contribution in [0.15, 0.2) is 42.6 Å². The molecule has 1 fully saturated rings. The Hall–Kier alpha value is -3.94. The number of rotatable bonds is 9. The van der Waals surface area contributed by atoms with Gasteiger partial charge in [0, 0.05) is 36.8 Å². The van der Waals surface area contributed by atoms with Crippen LogP contribution in [-0.2, 0) is 22.0 Å². The fraction of sp³-hybridized carbons (Fsp3) is 0.296. The van der Waals surface area contributed by atoms with E-state index in [9.17, 15) is 8.42 Å². The summed E-state index contributed by atoms with van der Waals surface area (Å²) in [5, 5.41) is 0.566. The molecule has 0 amide bonds. The Labute approximate surface area is 231 Å². The molecule has 0 unspecified atom stereocenters. The second-order valence-electron chi connectivity index (χ2n) is 9.18. The minimum Gasteiger partial charge on any atom is -0.494 e. The van der Waals surface area contributed by atoms with Gasteiger partial charge in [0.05, 0.1) is 25.9 Å². The van der Waals surface area contributed by atoms with E-state index in [1.54, 1.807) is 30.5 Å². The summed E-state index contributed by atoms with van der Waals surface area (Å²) in [7, 11) is -1.27. The number of aryl methyl sites for hydroxylation is 1.